The Morgan fingerprint density at radius 3 is 2.46 bits per heavy atom. The number of carbonyl (C=O) groups is 2. The number of nitrogens with zero attached hydrogens (tertiary/aromatic N) is 3. The summed E-state index contributed by atoms with van der Waals surface area (Å²) in [5, 5.41) is 9.86. The molecule has 2 heterocycles. The van der Waals surface area contributed by atoms with Gasteiger partial charge in [0.2, 0.25) is 0 Å². The van der Waals surface area contributed by atoms with Crippen LogP contribution in [-0.2, 0) is 17.9 Å². The second-order valence-corrected chi connectivity index (χ2v) is 8.17. The van der Waals surface area contributed by atoms with Crippen LogP contribution in [0.1, 0.15) is 32.6 Å². The lowest BCUT2D eigenvalue weighted by Crippen LogP contribution is -2.23. The number of nitrogens with one attached hydrogen (secondary N) is 2. The van der Waals surface area contributed by atoms with Crippen molar-refractivity contribution < 1.29 is 14.3 Å². The number of hydrogen-bond donors (Lipinski definition) is 3. The first-order valence-electron chi connectivity index (χ1n) is 11.0. The van der Waals surface area contributed by atoms with Gasteiger partial charge in [0.25, 0.3) is 5.91 Å². The lowest BCUT2D eigenvalue weighted by Gasteiger charge is -2.08. The summed E-state index contributed by atoms with van der Waals surface area (Å²) in [4.78, 5) is 28.6. The van der Waals surface area contributed by atoms with E-state index in [0.29, 0.717) is 11.3 Å². The topological polar surface area (TPSA) is 124 Å². The minimum atomic E-state index is -0.537. The third-order valence-electron chi connectivity index (χ3n) is 5.19. The number of aryl methyl sites for hydroxylation is 2. The van der Waals surface area contributed by atoms with Crippen molar-refractivity contribution in [2.45, 2.75) is 27.0 Å². The van der Waals surface area contributed by atoms with Crippen LogP contribution in [-0.4, -0.2) is 26.8 Å². The van der Waals surface area contributed by atoms with Gasteiger partial charge in [0.05, 0.1) is 17.6 Å². The molecule has 0 spiro atoms. The maximum absolute atomic E-state index is 12.7. The number of carbonyl (C=O) groups excluding carboxylic acids is 2. The molecular formula is C26H26N6O3. The van der Waals surface area contributed by atoms with Crippen molar-refractivity contribution in [3.05, 3.63) is 101 Å². The van der Waals surface area contributed by atoms with Crippen LogP contribution in [0.5, 0.6) is 0 Å². The Balaban J connectivity index is 1.32. The third kappa shape index (κ3) is 6.23. The smallest absolute Gasteiger partial charge is 0.407 e. The highest BCUT2D eigenvalue weighted by Gasteiger charge is 2.13. The van der Waals surface area contributed by atoms with E-state index >= 15 is 0 Å². The van der Waals surface area contributed by atoms with Crippen molar-refractivity contribution in [1.29, 1.82) is 0 Å². The van der Waals surface area contributed by atoms with Crippen molar-refractivity contribution in [3.63, 3.8) is 0 Å². The molecule has 2 amide bonds. The van der Waals surface area contributed by atoms with E-state index in [4.69, 9.17) is 10.5 Å². The summed E-state index contributed by atoms with van der Waals surface area (Å²) in [5.41, 5.74) is 11.6. The number of nitrogen functional groups attached to an aromatic ring is 1. The summed E-state index contributed by atoms with van der Waals surface area (Å²) >= 11 is 0. The van der Waals surface area contributed by atoms with E-state index < -0.39 is 6.09 Å². The lowest BCUT2D eigenvalue weighted by atomic mass is 10.1. The number of hydrogen-bond acceptors (Lipinski definition) is 6. The van der Waals surface area contributed by atoms with E-state index in [1.807, 2.05) is 32.0 Å². The van der Waals surface area contributed by atoms with Crippen molar-refractivity contribution in [3.8, 4) is 5.69 Å². The van der Waals surface area contributed by atoms with Gasteiger partial charge in [-0.3, -0.25) is 9.78 Å². The van der Waals surface area contributed by atoms with Gasteiger partial charge in [-0.15, -0.1) is 5.10 Å². The quantitative estimate of drug-likeness (QED) is 0.373. The molecule has 0 atom stereocenters. The van der Waals surface area contributed by atoms with Crippen molar-refractivity contribution in [1.82, 2.24) is 20.1 Å². The van der Waals surface area contributed by atoms with Crippen LogP contribution >= 0.6 is 0 Å². The monoisotopic (exact) mass is 470 g/mol. The molecule has 4 aromatic rings. The molecule has 0 radical (unpaired) electrons. The number of rotatable bonds is 7. The van der Waals surface area contributed by atoms with Crippen LogP contribution in [0.2, 0.25) is 0 Å². The number of ether oxygens (including phenoxy) is 1. The van der Waals surface area contributed by atoms with Gasteiger partial charge in [0, 0.05) is 30.1 Å². The van der Waals surface area contributed by atoms with Gasteiger partial charge in [-0.25, -0.2) is 9.48 Å². The molecule has 0 unspecified atom stereocenters. The molecule has 0 aliphatic rings. The van der Waals surface area contributed by atoms with Gasteiger partial charge in [-0.2, -0.15) is 0 Å². The van der Waals surface area contributed by atoms with Gasteiger partial charge in [0.1, 0.15) is 6.61 Å². The second kappa shape index (κ2) is 10.5. The molecule has 4 rings (SSSR count). The molecule has 0 fully saturated rings. The van der Waals surface area contributed by atoms with Gasteiger partial charge < -0.3 is 21.1 Å². The predicted octanol–water partition coefficient (Wildman–Crippen LogP) is 4.15. The first-order valence-corrected chi connectivity index (χ1v) is 11.0. The molecule has 9 heteroatoms. The maximum atomic E-state index is 12.7. The summed E-state index contributed by atoms with van der Waals surface area (Å²) in [6, 6.07) is 16.5. The lowest BCUT2D eigenvalue weighted by molar-refractivity contribution is 0.102. The van der Waals surface area contributed by atoms with Crippen LogP contribution in [0.15, 0.2) is 73.2 Å². The predicted molar refractivity (Wildman–Crippen MR) is 133 cm³/mol. The number of nitrogens with two attached hydrogens (primary N) is 1. The summed E-state index contributed by atoms with van der Waals surface area (Å²) in [6.45, 7) is 4.43. The van der Waals surface area contributed by atoms with Crippen molar-refractivity contribution in [2.75, 3.05) is 11.1 Å². The van der Waals surface area contributed by atoms with E-state index in [1.165, 1.54) is 0 Å². The van der Waals surface area contributed by atoms with Crippen LogP contribution in [0.3, 0.4) is 0 Å². The Morgan fingerprint density at radius 1 is 1.03 bits per heavy atom. The number of pyridine rings is 1. The SMILES string of the molecule is Cc1cc(C)cc(-n2cc(N)c(NC(=O)c3ccc(CNC(=O)OCc4cccnc4)cc3)n2)c1. The minimum Gasteiger partial charge on any atom is -0.445 e. The van der Waals surface area contributed by atoms with Crippen LogP contribution in [0.4, 0.5) is 16.3 Å². The summed E-state index contributed by atoms with van der Waals surface area (Å²) in [5.74, 6) is -0.0472. The maximum Gasteiger partial charge on any atom is 0.407 e. The zero-order chi connectivity index (χ0) is 24.8. The highest BCUT2D eigenvalue weighted by molar-refractivity contribution is 6.05. The number of benzene rings is 2. The highest BCUT2D eigenvalue weighted by Crippen LogP contribution is 2.21. The third-order valence-corrected chi connectivity index (χ3v) is 5.19. The van der Waals surface area contributed by atoms with E-state index in [2.05, 4.69) is 26.8 Å². The van der Waals surface area contributed by atoms with Crippen LogP contribution in [0.25, 0.3) is 5.69 Å². The largest absolute Gasteiger partial charge is 0.445 e. The van der Waals surface area contributed by atoms with E-state index in [9.17, 15) is 9.59 Å². The number of amides is 2. The Hall–Kier alpha value is -4.66. The van der Waals surface area contributed by atoms with Gasteiger partial charge >= 0.3 is 6.09 Å². The molecule has 0 saturated heterocycles. The fourth-order valence-electron chi connectivity index (χ4n) is 3.51. The zero-order valence-electron chi connectivity index (χ0n) is 19.5. The van der Waals surface area contributed by atoms with E-state index in [0.717, 1.165) is 27.9 Å². The molecule has 9 nitrogen and oxygen atoms in total. The number of anilines is 2. The normalized spacial score (nSPS) is 10.6. The molecule has 2 aromatic heterocycles. The average molecular weight is 471 g/mol. The average Bonchev–Trinajstić information content (AvgIpc) is 3.22. The fourth-order valence-corrected chi connectivity index (χ4v) is 3.51. The van der Waals surface area contributed by atoms with Gasteiger partial charge in [0.15, 0.2) is 5.82 Å². The number of aromatic nitrogens is 3. The summed E-state index contributed by atoms with van der Waals surface area (Å²) in [7, 11) is 0. The zero-order valence-corrected chi connectivity index (χ0v) is 19.5. The molecule has 2 aromatic carbocycles. The molecule has 178 valence electrons. The highest BCUT2D eigenvalue weighted by atomic mass is 16.5. The standard InChI is InChI=1S/C26H26N6O3/c1-17-10-18(2)12-22(11-17)32-15-23(27)24(31-32)30-25(33)21-7-5-19(6-8-21)14-29-26(34)35-16-20-4-3-9-28-13-20/h3-13,15H,14,16,27H2,1-2H3,(H,29,34)(H,30,31,33). The van der Waals surface area contributed by atoms with E-state index in [-0.39, 0.29) is 24.9 Å². The summed E-state index contributed by atoms with van der Waals surface area (Å²) in [6.07, 6.45) is 4.43. The van der Waals surface area contributed by atoms with Crippen molar-refractivity contribution in [2.24, 2.45) is 0 Å². The Morgan fingerprint density at radius 2 is 1.77 bits per heavy atom. The van der Waals surface area contributed by atoms with Gasteiger partial charge in [-0.1, -0.05) is 24.3 Å². The minimum absolute atomic E-state index is 0.140. The van der Waals surface area contributed by atoms with Crippen molar-refractivity contribution >= 4 is 23.5 Å². The molecule has 0 aliphatic carbocycles. The molecule has 0 aliphatic heterocycles. The summed E-state index contributed by atoms with van der Waals surface area (Å²) < 4.78 is 6.81. The first kappa shape index (κ1) is 23.5. The fraction of sp³-hybridized carbons (Fsp3) is 0.154. The first-order chi connectivity index (χ1) is 16.9. The molecule has 0 saturated carbocycles. The molecule has 35 heavy (non-hydrogen) atoms. The van der Waals surface area contributed by atoms with Crippen LogP contribution < -0.4 is 16.4 Å². The van der Waals surface area contributed by atoms with Crippen LogP contribution in [0, 0.1) is 13.8 Å². The molecule has 4 N–H and O–H groups in total. The Bertz CT molecular complexity index is 1310. The molecule has 0 bridgehead atoms. The Kier molecular flexibility index (Phi) is 7.06. The van der Waals surface area contributed by atoms with Gasteiger partial charge in [-0.05, 0) is 60.9 Å². The number of alkyl carbamates (subject to hydrolysis) is 1. The van der Waals surface area contributed by atoms with E-state index in [1.54, 1.807) is 53.6 Å². The second-order valence-electron chi connectivity index (χ2n) is 8.17. The molecular weight excluding hydrogens is 444 g/mol. The Labute approximate surface area is 202 Å².